The molecule has 2 aromatic rings. The van der Waals surface area contributed by atoms with Crippen LogP contribution in [0.3, 0.4) is 0 Å². The highest BCUT2D eigenvalue weighted by atomic mass is 32.2. The zero-order valence-corrected chi connectivity index (χ0v) is 18.1. The third kappa shape index (κ3) is 7.00. The van der Waals surface area contributed by atoms with E-state index in [1.54, 1.807) is 7.11 Å². The molecule has 2 rings (SSSR count). The van der Waals surface area contributed by atoms with E-state index in [-0.39, 0.29) is 16.8 Å². The predicted octanol–water partition coefficient (Wildman–Crippen LogP) is 4.50. The molecule has 0 fully saturated rings. The SMILES string of the molecule is COc1cccc(CC(C)NC(=O)Nc2cccc(CS(=O)C(C)(C)C)c2)c1. The summed E-state index contributed by atoms with van der Waals surface area (Å²) >= 11 is 0. The minimum absolute atomic E-state index is 0.0383. The van der Waals surface area contributed by atoms with Gasteiger partial charge in [0.25, 0.3) is 0 Å². The van der Waals surface area contributed by atoms with E-state index in [4.69, 9.17) is 4.74 Å². The van der Waals surface area contributed by atoms with Gasteiger partial charge in [-0.3, -0.25) is 4.21 Å². The van der Waals surface area contributed by atoms with Crippen LogP contribution in [0.2, 0.25) is 0 Å². The maximum Gasteiger partial charge on any atom is 0.319 e. The van der Waals surface area contributed by atoms with E-state index in [1.807, 2.05) is 76.2 Å². The van der Waals surface area contributed by atoms with E-state index in [0.29, 0.717) is 17.9 Å². The first-order valence-corrected chi connectivity index (χ1v) is 10.7. The van der Waals surface area contributed by atoms with Crippen LogP contribution in [0.5, 0.6) is 5.75 Å². The molecule has 2 amide bonds. The summed E-state index contributed by atoms with van der Waals surface area (Å²) in [5.41, 5.74) is 2.73. The molecule has 2 atom stereocenters. The minimum Gasteiger partial charge on any atom is -0.497 e. The Morgan fingerprint density at radius 3 is 2.46 bits per heavy atom. The van der Waals surface area contributed by atoms with Gasteiger partial charge in [-0.1, -0.05) is 24.3 Å². The number of amides is 2. The van der Waals surface area contributed by atoms with E-state index < -0.39 is 10.8 Å². The van der Waals surface area contributed by atoms with Gasteiger partial charge >= 0.3 is 6.03 Å². The van der Waals surface area contributed by atoms with Crippen LogP contribution in [-0.2, 0) is 23.0 Å². The Balaban J connectivity index is 1.91. The lowest BCUT2D eigenvalue weighted by atomic mass is 10.1. The Hall–Kier alpha value is -2.34. The van der Waals surface area contributed by atoms with Crippen LogP contribution in [0.25, 0.3) is 0 Å². The van der Waals surface area contributed by atoms with Crippen molar-refractivity contribution in [1.29, 1.82) is 0 Å². The quantitative estimate of drug-likeness (QED) is 0.717. The van der Waals surface area contributed by atoms with Crippen LogP contribution in [0.1, 0.15) is 38.8 Å². The number of hydrogen-bond acceptors (Lipinski definition) is 3. The first-order valence-electron chi connectivity index (χ1n) is 9.35. The monoisotopic (exact) mass is 402 g/mol. The van der Waals surface area contributed by atoms with Crippen LogP contribution in [0, 0.1) is 0 Å². The second-order valence-corrected chi connectivity index (χ2v) is 10.1. The van der Waals surface area contributed by atoms with Gasteiger partial charge in [-0.25, -0.2) is 4.79 Å². The van der Waals surface area contributed by atoms with Gasteiger partial charge in [0.05, 0.1) is 7.11 Å². The molecule has 5 nitrogen and oxygen atoms in total. The highest BCUT2D eigenvalue weighted by Crippen LogP contribution is 2.19. The Bertz CT molecular complexity index is 831. The molecule has 0 radical (unpaired) electrons. The molecule has 152 valence electrons. The van der Waals surface area contributed by atoms with Crippen molar-refractivity contribution in [1.82, 2.24) is 5.32 Å². The lowest BCUT2D eigenvalue weighted by molar-refractivity contribution is 0.249. The summed E-state index contributed by atoms with van der Waals surface area (Å²) in [4.78, 5) is 12.3. The van der Waals surface area contributed by atoms with Crippen LogP contribution in [0.4, 0.5) is 10.5 Å². The first kappa shape index (κ1) is 22.0. The van der Waals surface area contributed by atoms with Crippen LogP contribution < -0.4 is 15.4 Å². The van der Waals surface area contributed by atoms with Crippen molar-refractivity contribution < 1.29 is 13.7 Å². The molecule has 0 bridgehead atoms. The van der Waals surface area contributed by atoms with E-state index in [9.17, 15) is 9.00 Å². The molecule has 0 aliphatic heterocycles. The van der Waals surface area contributed by atoms with Crippen molar-refractivity contribution >= 4 is 22.5 Å². The Morgan fingerprint density at radius 2 is 1.79 bits per heavy atom. The van der Waals surface area contributed by atoms with Gasteiger partial charge in [0, 0.05) is 33.0 Å². The highest BCUT2D eigenvalue weighted by Gasteiger charge is 2.19. The van der Waals surface area contributed by atoms with Gasteiger partial charge < -0.3 is 15.4 Å². The fraction of sp³-hybridized carbons (Fsp3) is 0.409. The number of rotatable bonds is 7. The molecule has 2 aromatic carbocycles. The molecular weight excluding hydrogens is 372 g/mol. The van der Waals surface area contributed by atoms with Gasteiger partial charge in [-0.2, -0.15) is 0 Å². The molecule has 0 aromatic heterocycles. The average molecular weight is 403 g/mol. The van der Waals surface area contributed by atoms with Crippen LogP contribution in [-0.4, -0.2) is 28.1 Å². The van der Waals surface area contributed by atoms with Crippen molar-refractivity contribution in [2.45, 2.75) is 50.7 Å². The molecule has 0 saturated carbocycles. The fourth-order valence-corrected chi connectivity index (χ4v) is 3.62. The van der Waals surface area contributed by atoms with E-state index >= 15 is 0 Å². The lowest BCUT2D eigenvalue weighted by Crippen LogP contribution is -2.37. The Kier molecular flexibility index (Phi) is 7.63. The summed E-state index contributed by atoms with van der Waals surface area (Å²) in [6.07, 6.45) is 0.704. The van der Waals surface area contributed by atoms with E-state index in [0.717, 1.165) is 16.9 Å². The number of carbonyl (C=O) groups excluding carboxylic acids is 1. The number of nitrogens with one attached hydrogen (secondary N) is 2. The molecule has 28 heavy (non-hydrogen) atoms. The van der Waals surface area contributed by atoms with Gasteiger partial charge in [0.15, 0.2) is 0 Å². The summed E-state index contributed by atoms with van der Waals surface area (Å²) in [6.45, 7) is 7.84. The average Bonchev–Trinajstić information content (AvgIpc) is 2.61. The predicted molar refractivity (Wildman–Crippen MR) is 116 cm³/mol. The Morgan fingerprint density at radius 1 is 1.11 bits per heavy atom. The van der Waals surface area contributed by atoms with Crippen molar-refractivity contribution in [2.24, 2.45) is 0 Å². The van der Waals surface area contributed by atoms with Crippen LogP contribution >= 0.6 is 0 Å². The molecule has 0 spiro atoms. The van der Waals surface area contributed by atoms with Gasteiger partial charge in [0.1, 0.15) is 5.75 Å². The zero-order chi connectivity index (χ0) is 20.7. The van der Waals surface area contributed by atoms with Gasteiger partial charge in [-0.05, 0) is 69.5 Å². The number of urea groups is 1. The molecule has 2 unspecified atom stereocenters. The van der Waals surface area contributed by atoms with Crippen molar-refractivity contribution in [3.05, 3.63) is 59.7 Å². The topological polar surface area (TPSA) is 67.4 Å². The van der Waals surface area contributed by atoms with E-state index in [1.165, 1.54) is 0 Å². The zero-order valence-electron chi connectivity index (χ0n) is 17.2. The molecule has 0 aliphatic rings. The minimum atomic E-state index is -0.982. The second-order valence-electron chi connectivity index (χ2n) is 7.86. The first-order chi connectivity index (χ1) is 13.2. The molecule has 0 heterocycles. The normalized spacial score (nSPS) is 13.5. The van der Waals surface area contributed by atoms with Crippen molar-refractivity contribution in [3.63, 3.8) is 0 Å². The number of methoxy groups -OCH3 is 1. The third-order valence-electron chi connectivity index (χ3n) is 4.22. The number of hydrogen-bond donors (Lipinski definition) is 2. The smallest absolute Gasteiger partial charge is 0.319 e. The maximum atomic E-state index is 12.3. The van der Waals surface area contributed by atoms with Gasteiger partial charge in [0.2, 0.25) is 0 Å². The molecule has 0 aliphatic carbocycles. The third-order valence-corrected chi connectivity index (χ3v) is 6.18. The second kappa shape index (κ2) is 9.73. The number of carbonyl (C=O) groups is 1. The van der Waals surface area contributed by atoms with Gasteiger partial charge in [-0.15, -0.1) is 0 Å². The summed E-state index contributed by atoms with van der Waals surface area (Å²) in [6, 6.07) is 15.0. The molecule has 6 heteroatoms. The lowest BCUT2D eigenvalue weighted by Gasteiger charge is -2.18. The van der Waals surface area contributed by atoms with Crippen molar-refractivity contribution in [2.75, 3.05) is 12.4 Å². The fourth-order valence-electron chi connectivity index (χ4n) is 2.70. The van der Waals surface area contributed by atoms with Crippen LogP contribution in [0.15, 0.2) is 48.5 Å². The largest absolute Gasteiger partial charge is 0.497 e. The Labute approximate surface area is 170 Å². The highest BCUT2D eigenvalue weighted by molar-refractivity contribution is 7.85. The standard InChI is InChI=1S/C22H30N2O3S/c1-16(12-17-8-7-11-20(14-17)27-5)23-21(25)24-19-10-6-9-18(13-19)15-28(26)22(2,3)4/h6-11,13-14,16H,12,15H2,1-5H3,(H2,23,24,25). The number of ether oxygens (including phenoxy) is 1. The molecular formula is C22H30N2O3S. The van der Waals surface area contributed by atoms with E-state index in [2.05, 4.69) is 10.6 Å². The molecule has 0 saturated heterocycles. The molecule has 2 N–H and O–H groups in total. The number of benzene rings is 2. The summed E-state index contributed by atoms with van der Waals surface area (Å²) < 4.78 is 17.3. The maximum absolute atomic E-state index is 12.3. The summed E-state index contributed by atoms with van der Waals surface area (Å²) in [5.74, 6) is 1.27. The number of anilines is 1. The van der Waals surface area contributed by atoms with Crippen molar-refractivity contribution in [3.8, 4) is 5.75 Å². The summed E-state index contributed by atoms with van der Waals surface area (Å²) in [7, 11) is 0.656. The summed E-state index contributed by atoms with van der Waals surface area (Å²) in [5, 5.41) is 5.81.